The van der Waals surface area contributed by atoms with E-state index in [1.54, 1.807) is 0 Å². The van der Waals surface area contributed by atoms with Crippen LogP contribution in [-0.4, -0.2) is 6.04 Å². The lowest BCUT2D eigenvalue weighted by atomic mass is 9.83. The summed E-state index contributed by atoms with van der Waals surface area (Å²) < 4.78 is 0. The molecule has 2 nitrogen and oxygen atoms in total. The molecule has 0 saturated carbocycles. The molecule has 3 aliphatic carbocycles. The third kappa shape index (κ3) is 8.30. The third-order valence-electron chi connectivity index (χ3n) is 13.4. The van der Waals surface area contributed by atoms with E-state index in [2.05, 4.69) is 266 Å². The van der Waals surface area contributed by atoms with Gasteiger partial charge in [0.15, 0.2) is 0 Å². The van der Waals surface area contributed by atoms with Gasteiger partial charge in [0.2, 0.25) is 0 Å². The highest BCUT2D eigenvalue weighted by molar-refractivity contribution is 6.09. The number of hydrogen-bond donors (Lipinski definition) is 0. The zero-order valence-electron chi connectivity index (χ0n) is 37.6. The zero-order valence-corrected chi connectivity index (χ0v) is 37.6. The fourth-order valence-electron chi connectivity index (χ4n) is 9.88. The van der Waals surface area contributed by atoms with E-state index in [9.17, 15) is 0 Å². The normalized spacial score (nSPS) is 16.4. The van der Waals surface area contributed by atoms with Crippen molar-refractivity contribution in [3.05, 3.63) is 262 Å². The van der Waals surface area contributed by atoms with E-state index in [0.29, 0.717) is 5.92 Å². The Balaban J connectivity index is 0.845. The summed E-state index contributed by atoms with van der Waals surface area (Å²) in [7, 11) is 0. The van der Waals surface area contributed by atoms with E-state index in [1.165, 1.54) is 99.4 Å². The van der Waals surface area contributed by atoms with Crippen LogP contribution in [0.2, 0.25) is 0 Å². The highest BCUT2D eigenvalue weighted by Crippen LogP contribution is 2.38. The first-order chi connectivity index (χ1) is 32.5. The van der Waals surface area contributed by atoms with Crippen LogP contribution in [0.15, 0.2) is 218 Å². The largest absolute Gasteiger partial charge is 0.334 e. The molecule has 0 aliphatic heterocycles. The van der Waals surface area contributed by atoms with Crippen molar-refractivity contribution < 1.29 is 0 Å². The molecule has 3 aliphatic rings. The molecule has 0 heterocycles. The average molecular weight is 849 g/mol. The topological polar surface area (TPSA) is 6.48 Å². The first kappa shape index (κ1) is 40.8. The molecule has 0 bridgehead atoms. The quantitative estimate of drug-likeness (QED) is 0.0999. The monoisotopic (exact) mass is 848 g/mol. The summed E-state index contributed by atoms with van der Waals surface area (Å²) in [5.74, 6) is 0.292. The van der Waals surface area contributed by atoms with Crippen molar-refractivity contribution in [2.45, 2.75) is 32.7 Å². The van der Waals surface area contributed by atoms with Crippen molar-refractivity contribution in [3.63, 3.8) is 0 Å². The van der Waals surface area contributed by atoms with Gasteiger partial charge in [0.1, 0.15) is 0 Å². The molecule has 2 unspecified atom stereocenters. The lowest BCUT2D eigenvalue weighted by Crippen LogP contribution is -2.37. The Labute approximate surface area is 388 Å². The Morgan fingerprint density at radius 2 is 1.00 bits per heavy atom. The number of nitrogens with zero attached hydrogens (tertiary/aromatic N) is 2. The number of allylic oxidation sites excluding steroid dienone is 5. The van der Waals surface area contributed by atoms with Crippen LogP contribution >= 0.6 is 0 Å². The van der Waals surface area contributed by atoms with Gasteiger partial charge < -0.3 is 9.80 Å². The van der Waals surface area contributed by atoms with E-state index < -0.39 is 0 Å². The van der Waals surface area contributed by atoms with Gasteiger partial charge in [-0.25, -0.2) is 0 Å². The van der Waals surface area contributed by atoms with Crippen molar-refractivity contribution in [2.75, 3.05) is 9.80 Å². The van der Waals surface area contributed by atoms with Gasteiger partial charge in [-0.3, -0.25) is 0 Å². The van der Waals surface area contributed by atoms with Crippen LogP contribution in [-0.2, 0) is 0 Å². The van der Waals surface area contributed by atoms with Gasteiger partial charge in [-0.2, -0.15) is 0 Å². The average Bonchev–Trinajstić information content (AvgIpc) is 3.37. The van der Waals surface area contributed by atoms with Gasteiger partial charge in [0, 0.05) is 39.6 Å². The second-order valence-electron chi connectivity index (χ2n) is 17.8. The Bertz CT molecular complexity index is 3410. The predicted molar refractivity (Wildman–Crippen MR) is 284 cm³/mol. The molecule has 11 rings (SSSR count). The molecular formula is C64H52N2. The minimum Gasteiger partial charge on any atom is -0.334 e. The molecule has 0 amide bonds. The molecule has 2 atom stereocenters. The Morgan fingerprint density at radius 3 is 1.62 bits per heavy atom. The van der Waals surface area contributed by atoms with E-state index in [-0.39, 0.29) is 6.04 Å². The van der Waals surface area contributed by atoms with Crippen LogP contribution < -0.4 is 20.2 Å². The van der Waals surface area contributed by atoms with Gasteiger partial charge in [0.05, 0.1) is 6.04 Å². The van der Waals surface area contributed by atoms with Gasteiger partial charge >= 0.3 is 0 Å². The van der Waals surface area contributed by atoms with Crippen molar-refractivity contribution in [3.8, 4) is 0 Å². The summed E-state index contributed by atoms with van der Waals surface area (Å²) in [5, 5.41) is 7.62. The second kappa shape index (κ2) is 17.9. The van der Waals surface area contributed by atoms with Gasteiger partial charge in [-0.15, -0.1) is 0 Å². The molecule has 0 spiro atoms. The molecular weight excluding hydrogens is 797 g/mol. The molecule has 0 aromatic heterocycles. The van der Waals surface area contributed by atoms with E-state index in [4.69, 9.17) is 0 Å². The van der Waals surface area contributed by atoms with Crippen LogP contribution in [0.5, 0.6) is 0 Å². The lowest BCUT2D eigenvalue weighted by Gasteiger charge is -2.38. The summed E-state index contributed by atoms with van der Waals surface area (Å²) in [6.07, 6.45) is 29.0. The summed E-state index contributed by atoms with van der Waals surface area (Å²) >= 11 is 0. The number of anilines is 4. The molecule has 66 heavy (non-hydrogen) atoms. The summed E-state index contributed by atoms with van der Waals surface area (Å²) in [6.45, 7) is 4.30. The van der Waals surface area contributed by atoms with Crippen molar-refractivity contribution >= 4 is 80.4 Å². The molecule has 318 valence electrons. The summed E-state index contributed by atoms with van der Waals surface area (Å²) in [5.41, 5.74) is 14.6. The van der Waals surface area contributed by atoms with Gasteiger partial charge in [-0.05, 0) is 142 Å². The molecule has 0 saturated heterocycles. The number of hydrogen-bond acceptors (Lipinski definition) is 2. The van der Waals surface area contributed by atoms with Crippen LogP contribution in [0.3, 0.4) is 0 Å². The first-order valence-electron chi connectivity index (χ1n) is 23.3. The van der Waals surface area contributed by atoms with Gasteiger partial charge in [-0.1, -0.05) is 193 Å². The number of benzene rings is 8. The van der Waals surface area contributed by atoms with E-state index in [0.717, 1.165) is 12.8 Å². The minimum atomic E-state index is 0.176. The fourth-order valence-corrected chi connectivity index (χ4v) is 9.88. The minimum absolute atomic E-state index is 0.176. The van der Waals surface area contributed by atoms with Crippen LogP contribution in [0.25, 0.3) is 57.6 Å². The maximum atomic E-state index is 2.48. The van der Waals surface area contributed by atoms with Crippen molar-refractivity contribution in [1.82, 2.24) is 0 Å². The van der Waals surface area contributed by atoms with Crippen molar-refractivity contribution in [1.29, 1.82) is 0 Å². The van der Waals surface area contributed by atoms with Crippen molar-refractivity contribution in [2.24, 2.45) is 5.92 Å². The number of rotatable bonds is 10. The summed E-state index contributed by atoms with van der Waals surface area (Å²) in [4.78, 5) is 4.93. The number of aryl methyl sites for hydroxylation is 2. The molecule has 0 fully saturated rings. The zero-order chi connectivity index (χ0) is 44.4. The Kier molecular flexibility index (Phi) is 11.1. The van der Waals surface area contributed by atoms with Crippen LogP contribution in [0.1, 0.15) is 46.2 Å². The standard InChI is InChI=1S/C64H52N2/c1-45-17-35-55(36-18-45)65(63-15-7-11-51-9-3-5-13-59(51)63)57-39-27-47(28-40-57)21-23-49-25-31-53-33-34-54-32-26-50(44-62(54)61(53)43-49)24-22-48-29-41-58(42-30-48)66(56-37-19-46(2)20-38-56)64-16-8-12-52-10-4-6-14-60(52)64/h3-7,9-15,17-44,59,63H,8,16H2,1-2H3/b23-21-,24-22-. The van der Waals surface area contributed by atoms with Crippen LogP contribution in [0, 0.1) is 19.8 Å². The maximum absolute atomic E-state index is 2.48. The molecule has 8 aromatic carbocycles. The van der Waals surface area contributed by atoms with Crippen LogP contribution in [0.4, 0.5) is 22.7 Å². The van der Waals surface area contributed by atoms with E-state index in [1.807, 2.05) is 0 Å². The molecule has 0 radical (unpaired) electrons. The number of fused-ring (bicyclic) bond motifs is 5. The smallest absolute Gasteiger partial charge is 0.0628 e. The Morgan fingerprint density at radius 1 is 0.485 bits per heavy atom. The molecule has 2 heteroatoms. The summed E-state index contributed by atoms with van der Waals surface area (Å²) in [6, 6.07) is 62.9. The third-order valence-corrected chi connectivity index (χ3v) is 13.4. The SMILES string of the molecule is Cc1ccc(N(C2=c3ccccc3=CCC2)c2ccc(/C=C\c3ccc4ccc5ccc(/C=C\c6ccc(N(c7ccc(C)cc7)C7C=CC=C8C=CC=CC87)cc6)cc5c4c3)cc2)cc1. The Hall–Kier alpha value is -7.94. The van der Waals surface area contributed by atoms with E-state index >= 15 is 0 Å². The second-order valence-corrected chi connectivity index (χ2v) is 17.8. The first-order valence-corrected chi connectivity index (χ1v) is 23.3. The highest BCUT2D eigenvalue weighted by Gasteiger charge is 2.30. The maximum Gasteiger partial charge on any atom is 0.0628 e. The molecule has 8 aromatic rings. The molecule has 0 N–H and O–H groups in total. The lowest BCUT2D eigenvalue weighted by molar-refractivity contribution is 0.639. The fraction of sp³-hybridized carbons (Fsp3) is 0.0938. The predicted octanol–water partition coefficient (Wildman–Crippen LogP) is 15.2. The van der Waals surface area contributed by atoms with Gasteiger partial charge in [0.25, 0.3) is 0 Å². The highest BCUT2D eigenvalue weighted by atomic mass is 15.2.